The quantitative estimate of drug-likeness (QED) is 0.138. The lowest BCUT2D eigenvalue weighted by molar-refractivity contribution is -0.145. The summed E-state index contributed by atoms with van der Waals surface area (Å²) < 4.78 is 37.3. The summed E-state index contributed by atoms with van der Waals surface area (Å²) in [7, 11) is -4.29. The van der Waals surface area contributed by atoms with Crippen molar-refractivity contribution in [1.29, 1.82) is 5.26 Å². The number of nitriles is 1. The molecule has 1 aliphatic rings. The predicted octanol–water partition coefficient (Wildman–Crippen LogP) is 1.68. The number of aliphatic hydroxyl groups is 2. The summed E-state index contributed by atoms with van der Waals surface area (Å²) in [5.74, 6) is -0.345. The van der Waals surface area contributed by atoms with Crippen LogP contribution in [0.3, 0.4) is 0 Å². The number of unbranched alkanes of at least 4 members (excludes halogenated alkanes) is 1. The Labute approximate surface area is 230 Å². The molecule has 1 aliphatic heterocycles. The van der Waals surface area contributed by atoms with Crippen molar-refractivity contribution in [2.45, 2.75) is 56.6 Å². The van der Waals surface area contributed by atoms with E-state index < -0.39 is 50.3 Å². The van der Waals surface area contributed by atoms with Gasteiger partial charge in [0, 0.05) is 0 Å². The van der Waals surface area contributed by atoms with Crippen LogP contribution in [0.5, 0.6) is 5.75 Å². The molecular weight excluding hydrogens is 543 g/mol. The zero-order valence-electron chi connectivity index (χ0n) is 21.9. The van der Waals surface area contributed by atoms with E-state index in [0.717, 1.165) is 6.42 Å². The molecular formula is C25H31N6O8P. The van der Waals surface area contributed by atoms with Crippen molar-refractivity contribution in [3.8, 4) is 11.8 Å². The van der Waals surface area contributed by atoms with Crippen LogP contribution in [0.25, 0.3) is 5.52 Å². The summed E-state index contributed by atoms with van der Waals surface area (Å²) in [6, 6.07) is 12.0. The highest BCUT2D eigenvalue weighted by Gasteiger charge is 2.58. The van der Waals surface area contributed by atoms with Crippen molar-refractivity contribution >= 4 is 25.1 Å². The van der Waals surface area contributed by atoms with Gasteiger partial charge in [0.1, 0.15) is 48.0 Å². The molecule has 0 bridgehead atoms. The van der Waals surface area contributed by atoms with Gasteiger partial charge in [-0.15, -0.1) is 0 Å². The van der Waals surface area contributed by atoms with Crippen molar-refractivity contribution in [3.05, 3.63) is 54.5 Å². The molecule has 40 heavy (non-hydrogen) atoms. The van der Waals surface area contributed by atoms with E-state index in [9.17, 15) is 24.8 Å². The van der Waals surface area contributed by atoms with E-state index in [1.807, 2.05) is 13.0 Å². The van der Waals surface area contributed by atoms with Crippen molar-refractivity contribution in [1.82, 2.24) is 19.7 Å². The number of aliphatic hydroxyl groups excluding tert-OH is 2. The molecule has 1 aromatic carbocycles. The van der Waals surface area contributed by atoms with Gasteiger partial charge in [-0.25, -0.2) is 14.1 Å². The first-order valence-electron chi connectivity index (χ1n) is 12.6. The Hall–Kier alpha value is -3.57. The summed E-state index contributed by atoms with van der Waals surface area (Å²) in [6.45, 7) is 3.00. The van der Waals surface area contributed by atoms with Crippen LogP contribution in [0.15, 0.2) is 48.8 Å². The average Bonchev–Trinajstić information content (AvgIpc) is 3.49. The van der Waals surface area contributed by atoms with Crippen LogP contribution in [0.1, 0.15) is 32.4 Å². The van der Waals surface area contributed by atoms with Gasteiger partial charge in [-0.2, -0.15) is 15.4 Å². The third kappa shape index (κ3) is 5.95. The second kappa shape index (κ2) is 12.3. The Morgan fingerprint density at radius 1 is 1.32 bits per heavy atom. The molecule has 15 heteroatoms. The molecule has 0 unspecified atom stereocenters. The maximum Gasteiger partial charge on any atom is 0.459 e. The van der Waals surface area contributed by atoms with Gasteiger partial charge in [-0.1, -0.05) is 31.5 Å². The highest BCUT2D eigenvalue weighted by molar-refractivity contribution is 7.52. The Morgan fingerprint density at radius 2 is 2.08 bits per heavy atom. The Bertz CT molecular complexity index is 1420. The van der Waals surface area contributed by atoms with Crippen LogP contribution in [0, 0.1) is 11.3 Å². The second-order valence-corrected chi connectivity index (χ2v) is 10.9. The molecule has 6 atom stereocenters. The van der Waals surface area contributed by atoms with E-state index in [1.54, 1.807) is 36.4 Å². The minimum atomic E-state index is -4.29. The van der Waals surface area contributed by atoms with Crippen LogP contribution >= 0.6 is 7.75 Å². The van der Waals surface area contributed by atoms with Gasteiger partial charge >= 0.3 is 13.7 Å². The minimum absolute atomic E-state index is 0.0958. The molecule has 0 spiro atoms. The number of rotatable bonds is 12. The topological polar surface area (TPSA) is 204 Å². The van der Waals surface area contributed by atoms with Crippen molar-refractivity contribution in [2.24, 2.45) is 0 Å². The highest BCUT2D eigenvalue weighted by Crippen LogP contribution is 2.47. The van der Waals surface area contributed by atoms with E-state index in [0.29, 0.717) is 11.9 Å². The van der Waals surface area contributed by atoms with Crippen molar-refractivity contribution in [3.63, 3.8) is 0 Å². The Morgan fingerprint density at radius 3 is 2.77 bits per heavy atom. The fourth-order valence-electron chi connectivity index (χ4n) is 4.16. The molecule has 214 valence electrons. The van der Waals surface area contributed by atoms with E-state index >= 15 is 0 Å². The SMILES string of the molecule is CCCCOC(=O)[C@H](C)N[P@](=O)(OC[C@H]1O[C@](C#N)(c2ccc3c(N)ncnn23)[C@H](O)[C@@H]1O)Oc1ccccc1. The first-order chi connectivity index (χ1) is 19.1. The van der Waals surface area contributed by atoms with Gasteiger partial charge in [0.05, 0.1) is 18.9 Å². The maximum atomic E-state index is 13.8. The van der Waals surface area contributed by atoms with Crippen LogP contribution in [-0.4, -0.2) is 68.3 Å². The molecule has 2 aromatic heterocycles. The molecule has 1 fully saturated rings. The number of nitrogen functional groups attached to an aromatic ring is 1. The fourth-order valence-corrected chi connectivity index (χ4v) is 5.67. The van der Waals surface area contributed by atoms with Crippen molar-refractivity contribution in [2.75, 3.05) is 18.9 Å². The summed E-state index contributed by atoms with van der Waals surface area (Å²) in [5.41, 5.74) is 4.27. The van der Waals surface area contributed by atoms with E-state index in [4.69, 9.17) is 24.3 Å². The smallest absolute Gasteiger partial charge is 0.459 e. The largest absolute Gasteiger partial charge is 0.465 e. The number of nitrogens with one attached hydrogen (secondary N) is 1. The summed E-state index contributed by atoms with van der Waals surface area (Å²) >= 11 is 0. The molecule has 14 nitrogen and oxygen atoms in total. The van der Waals surface area contributed by atoms with Crippen LogP contribution in [0.4, 0.5) is 5.82 Å². The number of fused-ring (bicyclic) bond motifs is 1. The standard InChI is InChI=1S/C25H31N6O8P/c1-3-4-12-36-24(34)16(2)30-40(35,39-17-8-6-5-7-9-17)37-13-19-21(32)22(33)25(14-26,38-19)20-11-10-18-23(27)28-15-29-31(18)20/h5-11,15-16,19,21-22,32-33H,3-4,12-13H2,1-2H3,(H,30,35)(H2,27,28,29)/t16-,19+,21+,22+,25+,40-/m0/s1. The van der Waals surface area contributed by atoms with Crippen LogP contribution < -0.4 is 15.3 Å². The number of anilines is 1. The van der Waals surface area contributed by atoms with Crippen LogP contribution in [0.2, 0.25) is 0 Å². The molecule has 4 rings (SSSR count). The number of nitrogens with zero attached hydrogens (tertiary/aromatic N) is 4. The van der Waals surface area contributed by atoms with Crippen molar-refractivity contribution < 1.29 is 38.1 Å². The van der Waals surface area contributed by atoms with Gasteiger partial charge in [-0.05, 0) is 37.6 Å². The molecule has 0 radical (unpaired) electrons. The molecule has 0 amide bonds. The van der Waals surface area contributed by atoms with Gasteiger partial charge in [0.2, 0.25) is 5.60 Å². The number of esters is 1. The predicted molar refractivity (Wildman–Crippen MR) is 141 cm³/mol. The van der Waals surface area contributed by atoms with Gasteiger partial charge in [0.15, 0.2) is 5.82 Å². The second-order valence-electron chi connectivity index (χ2n) is 9.17. The lowest BCUT2D eigenvalue weighted by atomic mass is 9.92. The number of ether oxygens (including phenoxy) is 2. The number of hydrogen-bond acceptors (Lipinski definition) is 12. The number of para-hydroxylation sites is 1. The first-order valence-corrected chi connectivity index (χ1v) is 14.2. The summed E-state index contributed by atoms with van der Waals surface area (Å²) in [4.78, 5) is 16.3. The number of carbonyl (C=O) groups is 1. The molecule has 1 saturated heterocycles. The number of aromatic nitrogens is 3. The fraction of sp³-hybridized carbons (Fsp3) is 0.440. The maximum absolute atomic E-state index is 13.8. The number of carbonyl (C=O) groups excluding carboxylic acids is 1. The van der Waals surface area contributed by atoms with Gasteiger partial charge in [0.25, 0.3) is 0 Å². The van der Waals surface area contributed by atoms with Gasteiger partial charge in [-0.3, -0.25) is 9.32 Å². The number of hydrogen-bond donors (Lipinski definition) is 4. The lowest BCUT2D eigenvalue weighted by Gasteiger charge is -2.25. The monoisotopic (exact) mass is 574 g/mol. The molecule has 3 heterocycles. The number of benzene rings is 1. The normalized spacial score (nSPS) is 24.7. The molecule has 0 saturated carbocycles. The summed E-state index contributed by atoms with van der Waals surface area (Å²) in [6.07, 6.45) is -2.04. The lowest BCUT2D eigenvalue weighted by Crippen LogP contribution is -2.41. The minimum Gasteiger partial charge on any atom is -0.465 e. The highest BCUT2D eigenvalue weighted by atomic mass is 31.2. The third-order valence-electron chi connectivity index (χ3n) is 6.31. The number of nitrogens with two attached hydrogens (primary N) is 1. The molecule has 0 aliphatic carbocycles. The average molecular weight is 575 g/mol. The third-order valence-corrected chi connectivity index (χ3v) is 7.96. The van der Waals surface area contributed by atoms with E-state index in [1.165, 1.54) is 23.8 Å². The van der Waals surface area contributed by atoms with E-state index in [2.05, 4.69) is 15.2 Å². The molecule has 5 N–H and O–H groups in total. The van der Waals surface area contributed by atoms with E-state index in [-0.39, 0.29) is 23.9 Å². The first kappa shape index (κ1) is 29.4. The molecule has 3 aromatic rings. The Kier molecular flexibility index (Phi) is 9.05. The van der Waals surface area contributed by atoms with Crippen LogP contribution in [-0.2, 0) is 29.0 Å². The van der Waals surface area contributed by atoms with Gasteiger partial charge < -0.3 is 29.9 Å². The zero-order valence-corrected chi connectivity index (χ0v) is 22.8. The zero-order chi connectivity index (χ0) is 28.9. The Balaban J connectivity index is 1.55. The summed E-state index contributed by atoms with van der Waals surface area (Å²) in [5, 5.41) is 38.5.